The summed E-state index contributed by atoms with van der Waals surface area (Å²) in [4.78, 5) is 15.2. The number of halogens is 4. The molecule has 0 radical (unpaired) electrons. The molecule has 5 rings (SSSR count). The zero-order chi connectivity index (χ0) is 24.7. The summed E-state index contributed by atoms with van der Waals surface area (Å²) in [6.07, 6.45) is 0.000205. The number of benzene rings is 1. The van der Waals surface area contributed by atoms with Gasteiger partial charge >= 0.3 is 12.2 Å². The number of hydrogen-bond acceptors (Lipinski definition) is 6. The van der Waals surface area contributed by atoms with E-state index in [-0.39, 0.29) is 17.8 Å². The van der Waals surface area contributed by atoms with Gasteiger partial charge in [0.1, 0.15) is 23.0 Å². The zero-order valence-electron chi connectivity index (χ0n) is 19.4. The van der Waals surface area contributed by atoms with Crippen molar-refractivity contribution in [2.24, 2.45) is 17.8 Å². The summed E-state index contributed by atoms with van der Waals surface area (Å²) >= 11 is 6.06. The highest BCUT2D eigenvalue weighted by Gasteiger charge is 2.43. The van der Waals surface area contributed by atoms with Crippen molar-refractivity contribution < 1.29 is 17.9 Å². The number of alkyl halides is 3. The maximum absolute atomic E-state index is 13.1. The molecule has 7 nitrogen and oxygen atoms in total. The third-order valence-corrected chi connectivity index (χ3v) is 7.10. The summed E-state index contributed by atoms with van der Waals surface area (Å²) in [5, 5.41) is 5.09. The van der Waals surface area contributed by atoms with Gasteiger partial charge in [-0.05, 0) is 62.6 Å². The second-order valence-corrected chi connectivity index (χ2v) is 9.93. The van der Waals surface area contributed by atoms with Crippen LogP contribution < -0.4 is 9.64 Å². The molecule has 1 aromatic carbocycles. The second-order valence-electron chi connectivity index (χ2n) is 9.55. The molecule has 1 aliphatic carbocycles. The van der Waals surface area contributed by atoms with Crippen LogP contribution in [0.4, 0.5) is 19.0 Å². The number of rotatable bonds is 6. The number of nitrogens with zero attached hydrogens (tertiary/aromatic N) is 6. The minimum atomic E-state index is -4.44. The lowest BCUT2D eigenvalue weighted by Crippen LogP contribution is -2.43. The molecule has 3 heterocycles. The van der Waals surface area contributed by atoms with Crippen molar-refractivity contribution in [1.29, 1.82) is 0 Å². The van der Waals surface area contributed by atoms with E-state index in [9.17, 15) is 13.2 Å². The van der Waals surface area contributed by atoms with Gasteiger partial charge < -0.3 is 9.64 Å². The summed E-state index contributed by atoms with van der Waals surface area (Å²) in [7, 11) is 0. The fourth-order valence-corrected chi connectivity index (χ4v) is 5.39. The van der Waals surface area contributed by atoms with E-state index in [2.05, 4.69) is 25.0 Å². The quantitative estimate of drug-likeness (QED) is 0.392. The van der Waals surface area contributed by atoms with Crippen LogP contribution in [0.3, 0.4) is 0 Å². The summed E-state index contributed by atoms with van der Waals surface area (Å²) in [6.45, 7) is 5.64. The average molecular weight is 507 g/mol. The summed E-state index contributed by atoms with van der Waals surface area (Å²) in [5.74, 6) is 2.95. The molecule has 0 N–H and O–H groups in total. The molecule has 11 heteroatoms. The molecule has 2 aliphatic rings. The Morgan fingerprint density at radius 2 is 1.86 bits per heavy atom. The fraction of sp³-hybridized carbons (Fsp3) is 0.500. The molecule has 186 valence electrons. The molecule has 0 amide bonds. The monoisotopic (exact) mass is 506 g/mol. The standard InChI is InChI=1S/C24H26ClF3N6O/c1-14(2)34-23(35-18-5-3-4-17(8-18)24(26,27)28)31-21(32-34)9-19-15-6-7-16(19)12-33(11-15)22-10-20(25)29-13-30-22/h3-5,8,10,13-16,19H,6-7,9,11-12H2,1-2H3/t15-,16+,19?. The van der Waals surface area contributed by atoms with Crippen LogP contribution in [-0.2, 0) is 12.6 Å². The van der Waals surface area contributed by atoms with Crippen molar-refractivity contribution in [1.82, 2.24) is 24.7 Å². The molecule has 2 fully saturated rings. The third-order valence-electron chi connectivity index (χ3n) is 6.89. The molecule has 1 unspecified atom stereocenters. The third kappa shape index (κ3) is 5.07. The zero-order valence-corrected chi connectivity index (χ0v) is 20.2. The molecule has 35 heavy (non-hydrogen) atoms. The Morgan fingerprint density at radius 1 is 1.11 bits per heavy atom. The smallest absolute Gasteiger partial charge is 0.416 e. The van der Waals surface area contributed by atoms with Gasteiger partial charge in [-0.25, -0.2) is 14.6 Å². The molecular weight excluding hydrogens is 481 g/mol. The predicted molar refractivity (Wildman–Crippen MR) is 125 cm³/mol. The van der Waals surface area contributed by atoms with Crippen molar-refractivity contribution in [2.45, 2.75) is 45.3 Å². The number of piperidine rings is 1. The highest BCUT2D eigenvalue weighted by atomic mass is 35.5. The Morgan fingerprint density at radius 3 is 2.51 bits per heavy atom. The highest BCUT2D eigenvalue weighted by Crippen LogP contribution is 2.44. The van der Waals surface area contributed by atoms with E-state index < -0.39 is 11.7 Å². The van der Waals surface area contributed by atoms with Gasteiger partial charge in [-0.2, -0.15) is 23.3 Å². The van der Waals surface area contributed by atoms with Gasteiger partial charge in [-0.15, -0.1) is 0 Å². The van der Waals surface area contributed by atoms with Crippen LogP contribution in [0.5, 0.6) is 11.8 Å². The van der Waals surface area contributed by atoms with Crippen molar-refractivity contribution in [3.05, 3.63) is 53.2 Å². The number of aromatic nitrogens is 5. The van der Waals surface area contributed by atoms with E-state index >= 15 is 0 Å². The van der Waals surface area contributed by atoms with Crippen molar-refractivity contribution >= 4 is 17.4 Å². The van der Waals surface area contributed by atoms with E-state index in [1.807, 2.05) is 13.8 Å². The average Bonchev–Trinajstić information content (AvgIpc) is 3.29. The van der Waals surface area contributed by atoms with Gasteiger partial charge in [-0.1, -0.05) is 17.7 Å². The largest absolute Gasteiger partial charge is 0.424 e. The lowest BCUT2D eigenvalue weighted by Gasteiger charge is -2.38. The van der Waals surface area contributed by atoms with Crippen molar-refractivity contribution in [3.8, 4) is 11.8 Å². The van der Waals surface area contributed by atoms with Crippen LogP contribution in [0.15, 0.2) is 36.7 Å². The van der Waals surface area contributed by atoms with Crippen LogP contribution in [0.1, 0.15) is 44.1 Å². The number of hydrogen-bond donors (Lipinski definition) is 0. The van der Waals surface area contributed by atoms with E-state index in [0.717, 1.165) is 43.9 Å². The molecule has 3 atom stereocenters. The Balaban J connectivity index is 1.32. The first kappa shape index (κ1) is 23.8. The van der Waals surface area contributed by atoms with Crippen LogP contribution in [-0.4, -0.2) is 37.8 Å². The highest BCUT2D eigenvalue weighted by molar-refractivity contribution is 6.29. The number of anilines is 1. The van der Waals surface area contributed by atoms with E-state index in [1.165, 1.54) is 18.5 Å². The normalized spacial score (nSPS) is 22.1. The van der Waals surface area contributed by atoms with Crippen LogP contribution in [0.25, 0.3) is 0 Å². The summed E-state index contributed by atoms with van der Waals surface area (Å²) in [6, 6.07) is 6.75. The number of fused-ring (bicyclic) bond motifs is 2. The van der Waals surface area contributed by atoms with Crippen molar-refractivity contribution in [2.75, 3.05) is 18.0 Å². The molecule has 0 spiro atoms. The molecule has 1 aliphatic heterocycles. The van der Waals surface area contributed by atoms with E-state index in [1.54, 1.807) is 10.7 Å². The summed E-state index contributed by atoms with van der Waals surface area (Å²) < 4.78 is 46.7. The Labute approximate surface area is 206 Å². The fourth-order valence-electron chi connectivity index (χ4n) is 5.25. The van der Waals surface area contributed by atoms with E-state index in [4.69, 9.17) is 16.3 Å². The topological polar surface area (TPSA) is 69.0 Å². The van der Waals surface area contributed by atoms with Crippen molar-refractivity contribution in [3.63, 3.8) is 0 Å². The van der Waals surface area contributed by atoms with Gasteiger partial charge in [0.2, 0.25) is 0 Å². The molecular formula is C24H26ClF3N6O. The van der Waals surface area contributed by atoms with Crippen LogP contribution in [0.2, 0.25) is 5.15 Å². The summed E-state index contributed by atoms with van der Waals surface area (Å²) in [5.41, 5.74) is -0.765. The molecule has 1 saturated heterocycles. The van der Waals surface area contributed by atoms with Crippen LogP contribution >= 0.6 is 11.6 Å². The lowest BCUT2D eigenvalue weighted by atomic mass is 9.82. The predicted octanol–water partition coefficient (Wildman–Crippen LogP) is 5.82. The Kier molecular flexibility index (Phi) is 6.33. The van der Waals surface area contributed by atoms with Gasteiger partial charge in [0.25, 0.3) is 0 Å². The van der Waals surface area contributed by atoms with Gasteiger partial charge in [0.05, 0.1) is 11.6 Å². The second kappa shape index (κ2) is 9.29. The first-order valence-corrected chi connectivity index (χ1v) is 12.1. The minimum Gasteiger partial charge on any atom is -0.424 e. The Hall–Kier alpha value is -2.88. The van der Waals surface area contributed by atoms with Gasteiger partial charge in [0.15, 0.2) is 5.82 Å². The maximum Gasteiger partial charge on any atom is 0.416 e. The van der Waals surface area contributed by atoms with E-state index in [0.29, 0.717) is 35.2 Å². The molecule has 3 aromatic rings. The van der Waals surface area contributed by atoms with Crippen LogP contribution in [0, 0.1) is 17.8 Å². The first-order chi connectivity index (χ1) is 16.7. The molecule has 1 saturated carbocycles. The maximum atomic E-state index is 13.1. The number of ether oxygens (including phenoxy) is 1. The Bertz CT molecular complexity index is 1190. The molecule has 2 bridgehead atoms. The first-order valence-electron chi connectivity index (χ1n) is 11.7. The molecule has 2 aromatic heterocycles. The lowest BCUT2D eigenvalue weighted by molar-refractivity contribution is -0.137. The minimum absolute atomic E-state index is 0.0573. The van der Waals surface area contributed by atoms with Gasteiger partial charge in [-0.3, -0.25) is 0 Å². The SMILES string of the molecule is CC(C)n1nc(CC2[C@@H]3CC[C@H]2CN(c2cc(Cl)ncn2)C3)nc1Oc1cccc(C(F)(F)F)c1. The van der Waals surface area contributed by atoms with Gasteiger partial charge in [0, 0.05) is 25.6 Å².